The van der Waals surface area contributed by atoms with Gasteiger partial charge in [0, 0.05) is 18.8 Å². The summed E-state index contributed by atoms with van der Waals surface area (Å²) in [5, 5.41) is 0. The summed E-state index contributed by atoms with van der Waals surface area (Å²) in [6.45, 7) is 1.26. The van der Waals surface area contributed by atoms with E-state index >= 15 is 0 Å². The highest BCUT2D eigenvalue weighted by Crippen LogP contribution is 2.28. The lowest BCUT2D eigenvalue weighted by molar-refractivity contribution is -0.146. The zero-order valence-electron chi connectivity index (χ0n) is 8.74. The van der Waals surface area contributed by atoms with E-state index in [-0.39, 0.29) is 25.1 Å². The summed E-state index contributed by atoms with van der Waals surface area (Å²) in [5.41, 5.74) is 0.911. The van der Waals surface area contributed by atoms with Gasteiger partial charge in [-0.25, -0.2) is 4.39 Å². The molecule has 3 nitrogen and oxygen atoms in total. The van der Waals surface area contributed by atoms with Crippen LogP contribution in [0.1, 0.15) is 7.43 Å². The summed E-state index contributed by atoms with van der Waals surface area (Å²) in [4.78, 5) is 13.2. The largest absolute Gasteiger partial charge is 0.469 e. The molecule has 0 N–H and O–H groups in total. The number of esters is 1. The highest BCUT2D eigenvalue weighted by molar-refractivity contribution is 9.10. The summed E-state index contributed by atoms with van der Waals surface area (Å²) in [5.74, 6) is -0.528. The molecule has 1 aromatic rings. The SMILES string of the molecule is C.COC(=O)C1CN(c2ccc(F)c(Br)c2)C1. The molecule has 1 aliphatic heterocycles. The van der Waals surface area contributed by atoms with Crippen molar-refractivity contribution in [3.8, 4) is 0 Å². The smallest absolute Gasteiger partial charge is 0.312 e. The first kappa shape index (κ1) is 14.0. The van der Waals surface area contributed by atoms with Gasteiger partial charge in [-0.1, -0.05) is 7.43 Å². The molecule has 94 valence electrons. The van der Waals surface area contributed by atoms with Gasteiger partial charge in [0.1, 0.15) is 5.82 Å². The van der Waals surface area contributed by atoms with Crippen molar-refractivity contribution in [1.29, 1.82) is 0 Å². The molecule has 0 bridgehead atoms. The first-order valence-corrected chi connectivity index (χ1v) is 5.69. The zero-order chi connectivity index (χ0) is 11.7. The lowest BCUT2D eigenvalue weighted by Crippen LogP contribution is -2.50. The van der Waals surface area contributed by atoms with E-state index < -0.39 is 0 Å². The van der Waals surface area contributed by atoms with Gasteiger partial charge in [0.05, 0.1) is 17.5 Å². The fraction of sp³-hybridized carbons (Fsp3) is 0.417. The molecule has 0 aliphatic carbocycles. The number of rotatable bonds is 2. The fourth-order valence-electron chi connectivity index (χ4n) is 1.69. The third kappa shape index (κ3) is 2.77. The fourth-order valence-corrected chi connectivity index (χ4v) is 2.05. The number of ether oxygens (including phenoxy) is 1. The van der Waals surface area contributed by atoms with Crippen LogP contribution in [-0.4, -0.2) is 26.2 Å². The first-order chi connectivity index (χ1) is 7.61. The lowest BCUT2D eigenvalue weighted by Gasteiger charge is -2.39. The van der Waals surface area contributed by atoms with Crippen LogP contribution >= 0.6 is 15.9 Å². The molecule has 1 heterocycles. The molecular weight excluding hydrogens is 289 g/mol. The molecule has 0 spiro atoms. The van der Waals surface area contributed by atoms with Gasteiger partial charge in [0.25, 0.3) is 0 Å². The molecule has 0 amide bonds. The Morgan fingerprint density at radius 2 is 2.18 bits per heavy atom. The lowest BCUT2D eigenvalue weighted by atomic mass is 9.99. The Labute approximate surface area is 109 Å². The van der Waals surface area contributed by atoms with Gasteiger partial charge in [0.2, 0.25) is 0 Å². The summed E-state index contributed by atoms with van der Waals surface area (Å²) in [6.07, 6.45) is 0. The second-order valence-corrected chi connectivity index (χ2v) is 4.58. The number of nitrogens with zero attached hydrogens (tertiary/aromatic N) is 1. The van der Waals surface area contributed by atoms with Crippen LogP contribution < -0.4 is 4.90 Å². The molecule has 1 saturated heterocycles. The highest BCUT2D eigenvalue weighted by Gasteiger charge is 2.33. The Morgan fingerprint density at radius 1 is 1.53 bits per heavy atom. The van der Waals surface area contributed by atoms with Crippen molar-refractivity contribution in [2.75, 3.05) is 25.1 Å². The molecule has 1 aliphatic rings. The van der Waals surface area contributed by atoms with Crippen molar-refractivity contribution in [1.82, 2.24) is 0 Å². The van der Waals surface area contributed by atoms with E-state index in [2.05, 4.69) is 20.7 Å². The van der Waals surface area contributed by atoms with Crippen molar-refractivity contribution in [3.05, 3.63) is 28.5 Å². The quantitative estimate of drug-likeness (QED) is 0.787. The maximum absolute atomic E-state index is 13.0. The van der Waals surface area contributed by atoms with Gasteiger partial charge in [-0.2, -0.15) is 0 Å². The van der Waals surface area contributed by atoms with Crippen LogP contribution in [0.3, 0.4) is 0 Å². The number of methoxy groups -OCH3 is 1. The minimum absolute atomic E-state index is 0. The molecule has 0 unspecified atom stereocenters. The summed E-state index contributed by atoms with van der Waals surface area (Å²) in [7, 11) is 1.39. The molecule has 0 aromatic heterocycles. The van der Waals surface area contributed by atoms with E-state index in [0.29, 0.717) is 17.6 Å². The van der Waals surface area contributed by atoms with Crippen molar-refractivity contribution in [3.63, 3.8) is 0 Å². The van der Waals surface area contributed by atoms with Gasteiger partial charge in [0.15, 0.2) is 0 Å². The molecule has 0 radical (unpaired) electrons. The number of halogens is 2. The average Bonchev–Trinajstić information content (AvgIpc) is 2.21. The van der Waals surface area contributed by atoms with Gasteiger partial charge in [-0.05, 0) is 34.1 Å². The molecule has 5 heteroatoms. The first-order valence-electron chi connectivity index (χ1n) is 4.89. The number of hydrogen-bond donors (Lipinski definition) is 0. The van der Waals surface area contributed by atoms with Crippen molar-refractivity contribution < 1.29 is 13.9 Å². The molecule has 0 saturated carbocycles. The Morgan fingerprint density at radius 3 is 2.71 bits per heavy atom. The van der Waals surface area contributed by atoms with Gasteiger partial charge in [-0.3, -0.25) is 4.79 Å². The number of carbonyl (C=O) groups excluding carboxylic acids is 1. The van der Waals surface area contributed by atoms with Crippen molar-refractivity contribution in [2.45, 2.75) is 7.43 Å². The normalized spacial score (nSPS) is 14.9. The van der Waals surface area contributed by atoms with E-state index in [4.69, 9.17) is 0 Å². The summed E-state index contributed by atoms with van der Waals surface area (Å²) >= 11 is 3.13. The Hall–Kier alpha value is -1.10. The maximum Gasteiger partial charge on any atom is 0.312 e. The van der Waals surface area contributed by atoms with E-state index in [9.17, 15) is 9.18 Å². The number of benzene rings is 1. The van der Waals surface area contributed by atoms with Crippen LogP contribution in [0.15, 0.2) is 22.7 Å². The standard InChI is InChI=1S/C11H11BrFNO2.CH4/c1-16-11(15)7-5-14(6-7)8-2-3-10(13)9(12)4-8;/h2-4,7H,5-6H2,1H3;1H4. The molecule has 0 atom stereocenters. The third-order valence-electron chi connectivity index (χ3n) is 2.68. The zero-order valence-corrected chi connectivity index (χ0v) is 10.3. The van der Waals surface area contributed by atoms with Crippen LogP contribution in [0.5, 0.6) is 0 Å². The second kappa shape index (κ2) is 5.49. The molecule has 1 aromatic carbocycles. The minimum Gasteiger partial charge on any atom is -0.469 e. The highest BCUT2D eigenvalue weighted by atomic mass is 79.9. The van der Waals surface area contributed by atoms with Gasteiger partial charge >= 0.3 is 5.97 Å². The predicted molar refractivity (Wildman–Crippen MR) is 68.6 cm³/mol. The van der Waals surface area contributed by atoms with Crippen LogP contribution in [0.4, 0.5) is 10.1 Å². The van der Waals surface area contributed by atoms with Gasteiger partial charge in [-0.15, -0.1) is 0 Å². The molecule has 1 fully saturated rings. The van der Waals surface area contributed by atoms with Crippen LogP contribution in [-0.2, 0) is 9.53 Å². The summed E-state index contributed by atoms with van der Waals surface area (Å²) in [6, 6.07) is 4.82. The molecular formula is C12H15BrFNO2. The van der Waals surface area contributed by atoms with E-state index in [1.807, 2.05) is 4.90 Å². The Kier molecular flexibility index (Phi) is 4.51. The van der Waals surface area contributed by atoms with E-state index in [1.165, 1.54) is 13.2 Å². The van der Waals surface area contributed by atoms with Crippen molar-refractivity contribution in [2.24, 2.45) is 5.92 Å². The molecule has 2 rings (SSSR count). The Balaban J connectivity index is 0.00000144. The number of carbonyl (C=O) groups is 1. The topological polar surface area (TPSA) is 29.5 Å². The van der Waals surface area contributed by atoms with Crippen LogP contribution in [0.25, 0.3) is 0 Å². The second-order valence-electron chi connectivity index (χ2n) is 3.72. The van der Waals surface area contributed by atoms with Crippen LogP contribution in [0, 0.1) is 11.7 Å². The summed E-state index contributed by atoms with van der Waals surface area (Å²) < 4.78 is 18.1. The Bertz CT molecular complexity index is 419. The maximum atomic E-state index is 13.0. The van der Waals surface area contributed by atoms with Gasteiger partial charge < -0.3 is 9.64 Å². The monoisotopic (exact) mass is 303 g/mol. The minimum atomic E-state index is -0.284. The van der Waals surface area contributed by atoms with Crippen molar-refractivity contribution >= 4 is 27.6 Å². The van der Waals surface area contributed by atoms with E-state index in [0.717, 1.165) is 5.69 Å². The molecule has 17 heavy (non-hydrogen) atoms. The van der Waals surface area contributed by atoms with E-state index in [1.54, 1.807) is 12.1 Å². The average molecular weight is 304 g/mol. The predicted octanol–water partition coefficient (Wildman–Crippen LogP) is 2.83. The number of anilines is 1. The van der Waals surface area contributed by atoms with Crippen LogP contribution in [0.2, 0.25) is 0 Å². The number of hydrogen-bond acceptors (Lipinski definition) is 3. The third-order valence-corrected chi connectivity index (χ3v) is 3.29.